The van der Waals surface area contributed by atoms with E-state index in [2.05, 4.69) is 10.1 Å². The molecule has 0 saturated heterocycles. The van der Waals surface area contributed by atoms with Crippen molar-refractivity contribution >= 4 is 11.5 Å². The number of hydrogen-bond donors (Lipinski definition) is 1. The maximum Gasteiger partial charge on any atom is 0.433 e. The Bertz CT molecular complexity index is 514. The van der Waals surface area contributed by atoms with Crippen molar-refractivity contribution in [2.75, 3.05) is 5.73 Å². The minimum atomic E-state index is -4.47. The highest BCUT2D eigenvalue weighted by atomic mass is 19.4. The van der Waals surface area contributed by atoms with Crippen molar-refractivity contribution in [3.8, 4) is 0 Å². The fraction of sp³-hybridized carbons (Fsp3) is 0.250. The maximum atomic E-state index is 12.6. The summed E-state index contributed by atoms with van der Waals surface area (Å²) in [6.45, 7) is 1.48. The quantitative estimate of drug-likeness (QED) is 0.728. The fourth-order valence-electron chi connectivity index (χ4n) is 1.32. The van der Waals surface area contributed by atoms with Gasteiger partial charge in [0.25, 0.3) is 0 Å². The molecule has 0 radical (unpaired) electrons. The largest absolute Gasteiger partial charge is 0.433 e. The summed E-state index contributed by atoms with van der Waals surface area (Å²) in [4.78, 5) is 3.89. The molecule has 2 heterocycles. The highest BCUT2D eigenvalue weighted by molar-refractivity contribution is 5.49. The minimum Gasteiger partial charge on any atom is -0.382 e. The summed E-state index contributed by atoms with van der Waals surface area (Å²) in [5.74, 6) is 0.0126. The van der Waals surface area contributed by atoms with Crippen molar-refractivity contribution in [1.29, 1.82) is 0 Å². The first kappa shape index (κ1) is 9.75. The van der Waals surface area contributed by atoms with E-state index < -0.39 is 11.9 Å². The summed E-state index contributed by atoms with van der Waals surface area (Å²) in [7, 11) is 0. The average molecular weight is 216 g/mol. The van der Waals surface area contributed by atoms with Crippen LogP contribution in [-0.4, -0.2) is 14.6 Å². The van der Waals surface area contributed by atoms with E-state index in [1.165, 1.54) is 13.0 Å². The Balaban J connectivity index is 2.82. The Morgan fingerprint density at radius 2 is 2.00 bits per heavy atom. The van der Waals surface area contributed by atoms with Crippen LogP contribution in [0.25, 0.3) is 5.65 Å². The SMILES string of the molecule is Cc1cc(C(F)(F)F)n2nc(N)cc2n1. The third-order valence-corrected chi connectivity index (χ3v) is 1.86. The van der Waals surface area contributed by atoms with Gasteiger partial charge in [-0.25, -0.2) is 9.50 Å². The van der Waals surface area contributed by atoms with Crippen LogP contribution in [0.1, 0.15) is 11.4 Å². The van der Waals surface area contributed by atoms with Crippen molar-refractivity contribution in [3.05, 3.63) is 23.5 Å². The van der Waals surface area contributed by atoms with Crippen LogP contribution in [0.5, 0.6) is 0 Å². The molecule has 2 N–H and O–H groups in total. The van der Waals surface area contributed by atoms with Gasteiger partial charge in [0.1, 0.15) is 11.5 Å². The molecule has 0 atom stereocenters. The number of nitrogens with zero attached hydrogens (tertiary/aromatic N) is 3. The van der Waals surface area contributed by atoms with Gasteiger partial charge in [-0.1, -0.05) is 0 Å². The molecule has 0 saturated carbocycles. The topological polar surface area (TPSA) is 56.2 Å². The summed E-state index contributed by atoms with van der Waals surface area (Å²) in [6.07, 6.45) is -4.47. The van der Waals surface area contributed by atoms with Crippen molar-refractivity contribution in [2.24, 2.45) is 0 Å². The first-order chi connectivity index (χ1) is 6.88. The second kappa shape index (κ2) is 2.85. The Morgan fingerprint density at radius 3 is 2.60 bits per heavy atom. The van der Waals surface area contributed by atoms with Gasteiger partial charge in [-0.15, -0.1) is 5.10 Å². The molecule has 0 fully saturated rings. The maximum absolute atomic E-state index is 12.6. The van der Waals surface area contributed by atoms with Crippen molar-refractivity contribution in [2.45, 2.75) is 13.1 Å². The second-order valence-corrected chi connectivity index (χ2v) is 3.12. The highest BCUT2D eigenvalue weighted by Crippen LogP contribution is 2.29. The summed E-state index contributed by atoms with van der Waals surface area (Å²) < 4.78 is 38.4. The van der Waals surface area contributed by atoms with E-state index >= 15 is 0 Å². The van der Waals surface area contributed by atoms with Crippen LogP contribution in [0.2, 0.25) is 0 Å². The predicted octanol–water partition coefficient (Wildman–Crippen LogP) is 1.64. The van der Waals surface area contributed by atoms with Crippen molar-refractivity contribution in [3.63, 3.8) is 0 Å². The Kier molecular flexibility index (Phi) is 1.85. The molecule has 15 heavy (non-hydrogen) atoms. The number of alkyl halides is 3. The normalized spacial score (nSPS) is 12.3. The van der Waals surface area contributed by atoms with Crippen LogP contribution in [0, 0.1) is 6.92 Å². The molecular weight excluding hydrogens is 209 g/mol. The number of rotatable bonds is 0. The van der Waals surface area contributed by atoms with Crippen molar-refractivity contribution < 1.29 is 13.2 Å². The molecule has 0 unspecified atom stereocenters. The summed E-state index contributed by atoms with van der Waals surface area (Å²) in [5.41, 5.74) is 4.81. The monoisotopic (exact) mass is 216 g/mol. The summed E-state index contributed by atoms with van der Waals surface area (Å²) in [6, 6.07) is 2.22. The molecule has 0 spiro atoms. The van der Waals surface area contributed by atoms with Crippen LogP contribution >= 0.6 is 0 Å². The highest BCUT2D eigenvalue weighted by Gasteiger charge is 2.34. The van der Waals surface area contributed by atoms with Gasteiger partial charge in [0.05, 0.1) is 0 Å². The van der Waals surface area contributed by atoms with Crippen LogP contribution in [-0.2, 0) is 6.18 Å². The third kappa shape index (κ3) is 1.60. The number of anilines is 1. The van der Waals surface area contributed by atoms with E-state index in [9.17, 15) is 13.2 Å². The molecule has 0 aliphatic rings. The standard InChI is InChI=1S/C8H7F3N4/c1-4-2-5(8(9,10)11)15-7(13-4)3-6(12)14-15/h2-3H,1H3,(H2,12,14). The Labute approximate surface area is 82.5 Å². The van der Waals surface area contributed by atoms with Crippen molar-refractivity contribution in [1.82, 2.24) is 14.6 Å². The lowest BCUT2D eigenvalue weighted by Crippen LogP contribution is -2.13. The van der Waals surface area contributed by atoms with Gasteiger partial charge in [0, 0.05) is 11.8 Å². The number of fused-ring (bicyclic) bond motifs is 1. The van der Waals surface area contributed by atoms with Crippen LogP contribution in [0.3, 0.4) is 0 Å². The van der Waals surface area contributed by atoms with E-state index in [1.807, 2.05) is 0 Å². The molecule has 7 heteroatoms. The summed E-state index contributed by atoms with van der Waals surface area (Å²) >= 11 is 0. The van der Waals surface area contributed by atoms with Gasteiger partial charge in [-0.05, 0) is 13.0 Å². The minimum absolute atomic E-state index is 0.0126. The van der Waals surface area contributed by atoms with Crippen LogP contribution in [0.15, 0.2) is 12.1 Å². The van der Waals surface area contributed by atoms with Gasteiger partial charge in [-0.2, -0.15) is 13.2 Å². The van der Waals surface area contributed by atoms with E-state index in [-0.39, 0.29) is 17.2 Å². The molecule has 2 rings (SSSR count). The van der Waals surface area contributed by atoms with Crippen LogP contribution in [0.4, 0.5) is 19.0 Å². The molecule has 80 valence electrons. The molecule has 0 amide bonds. The average Bonchev–Trinajstić information content (AvgIpc) is 2.41. The van der Waals surface area contributed by atoms with Gasteiger partial charge in [-0.3, -0.25) is 0 Å². The van der Waals surface area contributed by atoms with E-state index in [0.717, 1.165) is 6.07 Å². The molecule has 4 nitrogen and oxygen atoms in total. The molecular formula is C8H7F3N4. The van der Waals surface area contributed by atoms with Gasteiger partial charge < -0.3 is 5.73 Å². The molecule has 0 aliphatic heterocycles. The first-order valence-corrected chi connectivity index (χ1v) is 4.08. The number of nitrogen functional groups attached to an aromatic ring is 1. The molecule has 0 bridgehead atoms. The predicted molar refractivity (Wildman–Crippen MR) is 47.1 cm³/mol. The van der Waals surface area contributed by atoms with E-state index in [4.69, 9.17) is 5.73 Å². The van der Waals surface area contributed by atoms with Crippen LogP contribution < -0.4 is 5.73 Å². The lowest BCUT2D eigenvalue weighted by Gasteiger charge is -2.08. The van der Waals surface area contributed by atoms with Gasteiger partial charge >= 0.3 is 6.18 Å². The first-order valence-electron chi connectivity index (χ1n) is 4.08. The molecule has 0 aromatic carbocycles. The zero-order chi connectivity index (χ0) is 11.2. The fourth-order valence-corrected chi connectivity index (χ4v) is 1.32. The molecule has 2 aromatic rings. The van der Waals surface area contributed by atoms with Gasteiger partial charge in [0.2, 0.25) is 0 Å². The zero-order valence-electron chi connectivity index (χ0n) is 7.71. The number of nitrogens with two attached hydrogens (primary N) is 1. The third-order valence-electron chi connectivity index (χ3n) is 1.86. The Morgan fingerprint density at radius 1 is 1.33 bits per heavy atom. The zero-order valence-corrected chi connectivity index (χ0v) is 7.71. The summed E-state index contributed by atoms with van der Waals surface area (Å²) in [5, 5.41) is 3.53. The number of halogens is 3. The van der Waals surface area contributed by atoms with E-state index in [0.29, 0.717) is 4.52 Å². The number of aromatic nitrogens is 3. The smallest absolute Gasteiger partial charge is 0.382 e. The molecule has 2 aromatic heterocycles. The van der Waals surface area contributed by atoms with E-state index in [1.54, 1.807) is 0 Å². The van der Waals surface area contributed by atoms with Gasteiger partial charge in [0.15, 0.2) is 5.65 Å². The second-order valence-electron chi connectivity index (χ2n) is 3.12. The lowest BCUT2D eigenvalue weighted by molar-refractivity contribution is -0.142. The number of aryl methyl sites for hydroxylation is 1. The lowest BCUT2D eigenvalue weighted by atomic mass is 10.3. The molecule has 0 aliphatic carbocycles. The number of hydrogen-bond acceptors (Lipinski definition) is 3. The Hall–Kier alpha value is -1.79.